The lowest BCUT2D eigenvalue weighted by molar-refractivity contribution is -0.150. The number of benzene rings is 3. The number of aliphatic hydroxyl groups is 1. The van der Waals surface area contributed by atoms with Crippen molar-refractivity contribution in [3.05, 3.63) is 107 Å². The van der Waals surface area contributed by atoms with E-state index in [0.717, 1.165) is 35.4 Å². The highest BCUT2D eigenvalue weighted by Gasteiger charge is 2.66. The largest absolute Gasteiger partial charge is 0.497 e. The van der Waals surface area contributed by atoms with Crippen LogP contribution in [0.1, 0.15) is 63.6 Å². The van der Waals surface area contributed by atoms with Gasteiger partial charge in [0.05, 0.1) is 52.6 Å². The first kappa shape index (κ1) is 40.5. The number of rotatable bonds is 12. The molecule has 3 aromatic rings. The molecule has 0 aliphatic carbocycles. The molecule has 11 heteroatoms. The van der Waals surface area contributed by atoms with Gasteiger partial charge in [-0.15, -0.1) is 0 Å². The van der Waals surface area contributed by atoms with E-state index in [4.69, 9.17) is 14.2 Å². The Hall–Kier alpha value is -4.71. The third-order valence-electron chi connectivity index (χ3n) is 12.9. The van der Waals surface area contributed by atoms with E-state index in [2.05, 4.69) is 71.1 Å². The molecular formula is C46H57N3O7Si. The number of cyclic esters (lactones) is 1. The first-order valence-corrected chi connectivity index (χ1v) is 23.4. The van der Waals surface area contributed by atoms with Crippen molar-refractivity contribution in [1.82, 2.24) is 4.90 Å². The molecule has 10 nitrogen and oxygen atoms in total. The molecule has 3 aromatic carbocycles. The summed E-state index contributed by atoms with van der Waals surface area (Å²) in [6.45, 7) is 14.3. The Morgan fingerprint density at radius 1 is 1.02 bits per heavy atom. The molecule has 4 aliphatic heterocycles. The summed E-state index contributed by atoms with van der Waals surface area (Å²) in [5.74, 6) is 0.164. The van der Waals surface area contributed by atoms with Gasteiger partial charge >= 0.3 is 6.09 Å². The Morgan fingerprint density at radius 2 is 1.75 bits per heavy atom. The number of fused-ring (bicyclic) bond motifs is 3. The lowest BCUT2D eigenvalue weighted by atomic mass is 9.82. The lowest BCUT2D eigenvalue weighted by Crippen LogP contribution is -2.52. The summed E-state index contributed by atoms with van der Waals surface area (Å²) in [5.41, 5.74) is 5.22. The average molecular weight is 792 g/mol. The maximum absolute atomic E-state index is 15.4. The van der Waals surface area contributed by atoms with Gasteiger partial charge in [0.2, 0.25) is 5.91 Å². The molecule has 4 heterocycles. The number of hydrogen-bond donors (Lipinski definition) is 1. The van der Waals surface area contributed by atoms with Gasteiger partial charge in [0, 0.05) is 30.3 Å². The van der Waals surface area contributed by atoms with Crippen molar-refractivity contribution >= 4 is 42.5 Å². The Morgan fingerprint density at radius 3 is 2.42 bits per heavy atom. The molecule has 0 unspecified atom stereocenters. The molecule has 0 saturated carbocycles. The highest BCUT2D eigenvalue weighted by Crippen LogP contribution is 2.60. The molecule has 5 atom stereocenters. The number of carbonyl (C=O) groups excluding carboxylic acids is 3. The maximum Gasteiger partial charge on any atom is 0.414 e. The molecule has 1 N–H and O–H groups in total. The van der Waals surface area contributed by atoms with E-state index < -0.39 is 25.9 Å². The van der Waals surface area contributed by atoms with E-state index >= 15 is 4.79 Å². The molecule has 4 aliphatic rings. The van der Waals surface area contributed by atoms with E-state index in [9.17, 15) is 14.7 Å². The second kappa shape index (κ2) is 16.3. The van der Waals surface area contributed by atoms with E-state index in [0.29, 0.717) is 43.9 Å². The number of anilines is 2. The predicted octanol–water partition coefficient (Wildman–Crippen LogP) is 7.24. The van der Waals surface area contributed by atoms with Gasteiger partial charge in [-0.3, -0.25) is 14.5 Å². The summed E-state index contributed by atoms with van der Waals surface area (Å²) in [4.78, 5) is 48.1. The normalized spacial score (nSPS) is 24.5. The third-order valence-corrected chi connectivity index (χ3v) is 17.2. The second-order valence-electron chi connectivity index (χ2n) is 16.9. The highest BCUT2D eigenvalue weighted by atomic mass is 28.3. The zero-order chi connectivity index (χ0) is 40.6. The fourth-order valence-corrected chi connectivity index (χ4v) is 13.8. The Bertz CT molecular complexity index is 2080. The molecule has 0 bridgehead atoms. The van der Waals surface area contributed by atoms with Crippen LogP contribution in [0.2, 0.25) is 18.6 Å². The SMILES string of the molecule is COc1ccc([Si](C)(C)[C@H]2[C@H](CC(=O)N3Cc4ccccc4C[C@H]3CO)O[C@@]3(C(=O)N(C/C=C(\C)CCC=C(C)C)c4ccc(N5CCOC5=O)cc43)[C@@H]2C)cc1. The van der Waals surface area contributed by atoms with Crippen molar-refractivity contribution in [3.8, 4) is 5.75 Å². The molecule has 3 amide bonds. The van der Waals surface area contributed by atoms with Gasteiger partial charge in [0.25, 0.3) is 5.91 Å². The third kappa shape index (κ3) is 7.45. The van der Waals surface area contributed by atoms with E-state index in [1.165, 1.54) is 16.3 Å². The van der Waals surface area contributed by atoms with Crippen molar-refractivity contribution in [1.29, 1.82) is 0 Å². The van der Waals surface area contributed by atoms with Crippen LogP contribution in [-0.4, -0.2) is 81.5 Å². The number of allylic oxidation sites excluding steroid dienone is 3. The quantitative estimate of drug-likeness (QED) is 0.152. The van der Waals surface area contributed by atoms with Gasteiger partial charge in [-0.2, -0.15) is 0 Å². The Kier molecular flexibility index (Phi) is 11.6. The minimum atomic E-state index is -2.56. The lowest BCUT2D eigenvalue weighted by Gasteiger charge is -2.39. The summed E-state index contributed by atoms with van der Waals surface area (Å²) in [5, 5.41) is 11.7. The zero-order valence-corrected chi connectivity index (χ0v) is 35.4. The topological polar surface area (TPSA) is 109 Å². The Balaban J connectivity index is 1.31. The van der Waals surface area contributed by atoms with Crippen molar-refractivity contribution in [2.45, 2.75) is 96.3 Å². The molecule has 0 radical (unpaired) electrons. The molecule has 302 valence electrons. The number of aliphatic hydroxyl groups excluding tert-OH is 1. The molecule has 1 spiro atoms. The van der Waals surface area contributed by atoms with Crippen LogP contribution in [0.25, 0.3) is 0 Å². The number of amides is 3. The van der Waals surface area contributed by atoms with Crippen LogP contribution in [0.4, 0.5) is 16.2 Å². The number of carbonyl (C=O) groups is 3. The molecular weight excluding hydrogens is 735 g/mol. The van der Waals surface area contributed by atoms with Crippen LogP contribution in [0.5, 0.6) is 5.75 Å². The van der Waals surface area contributed by atoms with Gasteiger partial charge in [0.1, 0.15) is 12.4 Å². The van der Waals surface area contributed by atoms with Gasteiger partial charge in [-0.05, 0) is 87.0 Å². The fourth-order valence-electron chi connectivity index (χ4n) is 9.75. The number of methoxy groups -OCH3 is 1. The van der Waals surface area contributed by atoms with Crippen molar-refractivity contribution in [3.63, 3.8) is 0 Å². The number of ether oxygens (including phenoxy) is 3. The van der Waals surface area contributed by atoms with Gasteiger partial charge < -0.3 is 29.1 Å². The van der Waals surface area contributed by atoms with Crippen LogP contribution in [0, 0.1) is 5.92 Å². The summed E-state index contributed by atoms with van der Waals surface area (Å²) < 4.78 is 18.2. The van der Waals surface area contributed by atoms with Crippen molar-refractivity contribution in [2.75, 3.05) is 43.2 Å². The average Bonchev–Trinajstić information content (AvgIpc) is 3.84. The van der Waals surface area contributed by atoms with E-state index in [1.54, 1.807) is 16.9 Å². The summed E-state index contributed by atoms with van der Waals surface area (Å²) in [6.07, 6.45) is 5.78. The first-order chi connectivity index (χ1) is 27.3. The summed E-state index contributed by atoms with van der Waals surface area (Å²) in [7, 11) is -0.906. The van der Waals surface area contributed by atoms with Crippen molar-refractivity contribution < 1.29 is 33.7 Å². The van der Waals surface area contributed by atoms with Crippen LogP contribution in [0.15, 0.2) is 90.0 Å². The zero-order valence-electron chi connectivity index (χ0n) is 34.4. The van der Waals surface area contributed by atoms with Crippen LogP contribution < -0.4 is 19.7 Å². The minimum absolute atomic E-state index is 0.0616. The summed E-state index contributed by atoms with van der Waals surface area (Å²) >= 11 is 0. The summed E-state index contributed by atoms with van der Waals surface area (Å²) in [6, 6.07) is 21.7. The van der Waals surface area contributed by atoms with Gasteiger partial charge in [0.15, 0.2) is 5.60 Å². The first-order valence-electron chi connectivity index (χ1n) is 20.3. The minimum Gasteiger partial charge on any atom is -0.497 e. The molecule has 57 heavy (non-hydrogen) atoms. The van der Waals surface area contributed by atoms with Crippen molar-refractivity contribution in [2.24, 2.45) is 5.92 Å². The molecule has 0 aromatic heterocycles. The predicted molar refractivity (Wildman–Crippen MR) is 226 cm³/mol. The smallest absolute Gasteiger partial charge is 0.414 e. The monoisotopic (exact) mass is 791 g/mol. The second-order valence-corrected chi connectivity index (χ2v) is 21.6. The van der Waals surface area contributed by atoms with E-state index in [-0.39, 0.29) is 42.3 Å². The fraction of sp³-hybridized carbons (Fsp3) is 0.457. The van der Waals surface area contributed by atoms with Crippen LogP contribution >= 0.6 is 0 Å². The van der Waals surface area contributed by atoms with Gasteiger partial charge in [-0.1, -0.05) is 84.9 Å². The number of nitrogens with zero attached hydrogens (tertiary/aromatic N) is 3. The van der Waals surface area contributed by atoms with Crippen LogP contribution in [-0.2, 0) is 37.6 Å². The number of hydrogen-bond acceptors (Lipinski definition) is 7. The van der Waals surface area contributed by atoms with Gasteiger partial charge in [-0.25, -0.2) is 4.79 Å². The van der Waals surface area contributed by atoms with Crippen LogP contribution in [0.3, 0.4) is 0 Å². The molecule has 7 rings (SSSR count). The standard InChI is InChI=1S/C46H57N3O7Si/c1-30(2)11-10-12-31(3)21-22-48-40-20-15-35(47-23-24-55-45(47)53)26-39(40)46(44(48)52)32(4)43(57(6,7)38-18-16-37(54-5)17-19-38)41(56-46)27-42(51)49-28-34-14-9-8-13-33(34)25-36(49)29-50/h8-9,11,13-21,26,32,36,41,43,50H,10,12,22-25,27-29H2,1-7H3/b31-21+/t32-,36+,41+,43-,46+/m1/s1. The van der Waals surface area contributed by atoms with E-state index in [1.807, 2.05) is 53.4 Å². The maximum atomic E-state index is 15.4. The highest BCUT2D eigenvalue weighted by molar-refractivity contribution is 6.91. The Labute approximate surface area is 338 Å². The molecule has 2 saturated heterocycles. The molecule has 2 fully saturated rings.